The maximum atomic E-state index is 12.5. The van der Waals surface area contributed by atoms with Crippen LogP contribution in [0.5, 0.6) is 5.75 Å². The van der Waals surface area contributed by atoms with Gasteiger partial charge in [0, 0.05) is 31.4 Å². The molecule has 0 aliphatic rings. The minimum absolute atomic E-state index is 0.00185. The largest absolute Gasteiger partial charge is 0.492 e. The predicted octanol–water partition coefficient (Wildman–Crippen LogP) is 3.15. The number of halogens is 1. The molecule has 0 spiro atoms. The highest BCUT2D eigenvalue weighted by Crippen LogP contribution is 2.30. The number of carbonyl (C=O) groups is 1. The third kappa shape index (κ3) is 4.58. The van der Waals surface area contributed by atoms with Crippen LogP contribution in [0.4, 0.5) is 11.4 Å². The Kier molecular flexibility index (Phi) is 6.60. The number of rotatable bonds is 7. The average molecular weight is 428 g/mol. The molecule has 0 aliphatic heterocycles. The zero-order chi connectivity index (χ0) is 21.1. The number of ether oxygens (including phenoxy) is 1. The van der Waals surface area contributed by atoms with Crippen molar-refractivity contribution in [1.82, 2.24) is 4.31 Å². The first-order chi connectivity index (χ1) is 13.1. The van der Waals surface area contributed by atoms with E-state index < -0.39 is 26.5 Å². The number of carbonyl (C=O) groups excluding carboxylic acids is 1. The third-order valence-electron chi connectivity index (χ3n) is 3.67. The van der Waals surface area contributed by atoms with E-state index in [9.17, 15) is 23.3 Å². The van der Waals surface area contributed by atoms with Gasteiger partial charge in [0.2, 0.25) is 10.0 Å². The number of amides is 1. The topological polar surface area (TPSA) is 119 Å². The van der Waals surface area contributed by atoms with E-state index in [-0.39, 0.29) is 33.5 Å². The number of nitro benzene ring substituents is 1. The lowest BCUT2D eigenvalue weighted by molar-refractivity contribution is -0.384. The van der Waals surface area contributed by atoms with E-state index in [0.29, 0.717) is 0 Å². The molecule has 0 bridgehead atoms. The summed E-state index contributed by atoms with van der Waals surface area (Å²) < 4.78 is 31.5. The second-order valence-electron chi connectivity index (χ2n) is 5.76. The smallest absolute Gasteiger partial charge is 0.288 e. The van der Waals surface area contributed by atoms with E-state index in [1.54, 1.807) is 6.92 Å². The quantitative estimate of drug-likeness (QED) is 0.535. The molecule has 2 aromatic carbocycles. The fourth-order valence-electron chi connectivity index (χ4n) is 2.26. The summed E-state index contributed by atoms with van der Waals surface area (Å²) in [6, 6.07) is 7.79. The van der Waals surface area contributed by atoms with Gasteiger partial charge in [-0.2, -0.15) is 0 Å². The SMILES string of the molecule is CCOc1ccc(NC(=O)c2ccc(Cl)c([N+](=O)[O-])c2)cc1S(=O)(=O)N(C)C. The lowest BCUT2D eigenvalue weighted by Gasteiger charge is -2.16. The number of hydrogen-bond donors (Lipinski definition) is 1. The summed E-state index contributed by atoms with van der Waals surface area (Å²) in [5.41, 5.74) is -0.217. The fourth-order valence-corrected chi connectivity index (χ4v) is 3.49. The van der Waals surface area contributed by atoms with E-state index in [1.807, 2.05) is 0 Å². The molecule has 2 rings (SSSR count). The van der Waals surface area contributed by atoms with E-state index in [4.69, 9.17) is 16.3 Å². The highest BCUT2D eigenvalue weighted by molar-refractivity contribution is 7.89. The van der Waals surface area contributed by atoms with E-state index in [2.05, 4.69) is 5.32 Å². The average Bonchev–Trinajstić information content (AvgIpc) is 2.62. The van der Waals surface area contributed by atoms with Crippen LogP contribution in [0.1, 0.15) is 17.3 Å². The number of nitrogens with one attached hydrogen (secondary N) is 1. The van der Waals surface area contributed by atoms with Crippen LogP contribution in [0.15, 0.2) is 41.3 Å². The van der Waals surface area contributed by atoms with Crippen molar-refractivity contribution in [3.8, 4) is 5.75 Å². The Hall–Kier alpha value is -2.69. The van der Waals surface area contributed by atoms with E-state index >= 15 is 0 Å². The summed E-state index contributed by atoms with van der Waals surface area (Å²) in [7, 11) is -1.07. The maximum Gasteiger partial charge on any atom is 0.288 e. The Morgan fingerprint density at radius 3 is 2.50 bits per heavy atom. The van der Waals surface area contributed by atoms with Crippen LogP contribution < -0.4 is 10.1 Å². The molecule has 1 N–H and O–H groups in total. The first-order valence-electron chi connectivity index (χ1n) is 8.02. The Morgan fingerprint density at radius 1 is 1.25 bits per heavy atom. The molecule has 150 valence electrons. The Morgan fingerprint density at radius 2 is 1.93 bits per heavy atom. The van der Waals surface area contributed by atoms with Gasteiger partial charge < -0.3 is 10.1 Å². The van der Waals surface area contributed by atoms with Crippen molar-refractivity contribution in [3.05, 3.63) is 57.1 Å². The van der Waals surface area contributed by atoms with Crippen molar-refractivity contribution >= 4 is 38.9 Å². The van der Waals surface area contributed by atoms with Crippen molar-refractivity contribution < 1.29 is 22.9 Å². The summed E-state index contributed by atoms with van der Waals surface area (Å²) in [6.07, 6.45) is 0. The van der Waals surface area contributed by atoms with Gasteiger partial charge in [0.25, 0.3) is 11.6 Å². The summed E-state index contributed by atoms with van der Waals surface area (Å²) in [6.45, 7) is 1.98. The molecule has 0 heterocycles. The number of sulfonamides is 1. The Labute approximate surface area is 167 Å². The normalized spacial score (nSPS) is 11.3. The van der Waals surface area contributed by atoms with E-state index in [1.165, 1.54) is 44.4 Å². The Bertz CT molecular complexity index is 1020. The highest BCUT2D eigenvalue weighted by atomic mass is 35.5. The molecule has 2 aromatic rings. The van der Waals surface area contributed by atoms with Crippen molar-refractivity contribution in [3.63, 3.8) is 0 Å². The molecule has 9 nitrogen and oxygen atoms in total. The number of benzene rings is 2. The molecule has 11 heteroatoms. The van der Waals surface area contributed by atoms with E-state index in [0.717, 1.165) is 10.4 Å². The molecule has 0 aromatic heterocycles. The van der Waals surface area contributed by atoms with Crippen molar-refractivity contribution in [2.24, 2.45) is 0 Å². The minimum Gasteiger partial charge on any atom is -0.492 e. The van der Waals surface area contributed by atoms with Crippen LogP contribution in [0.3, 0.4) is 0 Å². The van der Waals surface area contributed by atoms with Crippen molar-refractivity contribution in [2.75, 3.05) is 26.0 Å². The molecule has 28 heavy (non-hydrogen) atoms. The summed E-state index contributed by atoms with van der Waals surface area (Å²) in [4.78, 5) is 22.6. The summed E-state index contributed by atoms with van der Waals surface area (Å²) in [5, 5.41) is 13.4. The van der Waals surface area contributed by atoms with Gasteiger partial charge in [0.15, 0.2) is 0 Å². The molecular formula is C17H18ClN3O6S. The summed E-state index contributed by atoms with van der Waals surface area (Å²) >= 11 is 5.75. The van der Waals surface area contributed by atoms with Crippen LogP contribution >= 0.6 is 11.6 Å². The monoisotopic (exact) mass is 427 g/mol. The molecule has 0 saturated heterocycles. The number of nitro groups is 1. The van der Waals surface area contributed by atoms with Crippen LogP contribution in [0, 0.1) is 10.1 Å². The molecule has 1 amide bonds. The van der Waals surface area contributed by atoms with Crippen molar-refractivity contribution in [2.45, 2.75) is 11.8 Å². The molecule has 0 saturated carbocycles. The molecule has 0 radical (unpaired) electrons. The standard InChI is InChI=1S/C17H18ClN3O6S/c1-4-27-15-8-6-12(10-16(15)28(25,26)20(2)3)19-17(22)11-5-7-13(18)14(9-11)21(23)24/h5-10H,4H2,1-3H3,(H,19,22). The van der Waals surface area contributed by atoms with Gasteiger partial charge in [-0.25, -0.2) is 12.7 Å². The second-order valence-corrected chi connectivity index (χ2v) is 8.29. The van der Waals surface area contributed by atoms with Crippen molar-refractivity contribution in [1.29, 1.82) is 0 Å². The predicted molar refractivity (Wildman–Crippen MR) is 105 cm³/mol. The van der Waals surface area contributed by atoms with Crippen LogP contribution in [-0.4, -0.2) is 44.3 Å². The minimum atomic E-state index is -3.83. The van der Waals surface area contributed by atoms with Gasteiger partial charge in [0.1, 0.15) is 15.7 Å². The van der Waals surface area contributed by atoms with Gasteiger partial charge in [0.05, 0.1) is 11.5 Å². The van der Waals surface area contributed by atoms with Gasteiger partial charge in [-0.3, -0.25) is 14.9 Å². The lowest BCUT2D eigenvalue weighted by Crippen LogP contribution is -2.23. The second kappa shape index (κ2) is 8.55. The zero-order valence-corrected chi connectivity index (χ0v) is 16.9. The Balaban J connectivity index is 2.40. The first-order valence-corrected chi connectivity index (χ1v) is 9.84. The van der Waals surface area contributed by atoms with Crippen LogP contribution in [0.2, 0.25) is 5.02 Å². The van der Waals surface area contributed by atoms with Gasteiger partial charge >= 0.3 is 0 Å². The molecule has 0 fully saturated rings. The lowest BCUT2D eigenvalue weighted by atomic mass is 10.2. The highest BCUT2D eigenvalue weighted by Gasteiger charge is 2.24. The molecule has 0 atom stereocenters. The number of hydrogen-bond acceptors (Lipinski definition) is 6. The molecule has 0 aliphatic carbocycles. The number of nitrogens with zero attached hydrogens (tertiary/aromatic N) is 2. The van der Waals surface area contributed by atoms with Gasteiger partial charge in [-0.05, 0) is 37.3 Å². The third-order valence-corrected chi connectivity index (χ3v) is 5.82. The van der Waals surface area contributed by atoms with Crippen LogP contribution in [0.25, 0.3) is 0 Å². The maximum absolute atomic E-state index is 12.5. The van der Waals surface area contributed by atoms with Gasteiger partial charge in [-0.1, -0.05) is 11.6 Å². The summed E-state index contributed by atoms with van der Waals surface area (Å²) in [5.74, 6) is -0.506. The zero-order valence-electron chi connectivity index (χ0n) is 15.3. The fraction of sp³-hybridized carbons (Fsp3) is 0.235. The van der Waals surface area contributed by atoms with Crippen LogP contribution in [-0.2, 0) is 10.0 Å². The number of anilines is 1. The molecular weight excluding hydrogens is 410 g/mol. The molecule has 0 unspecified atom stereocenters. The van der Waals surface area contributed by atoms with Gasteiger partial charge in [-0.15, -0.1) is 0 Å². The first kappa shape index (κ1) is 21.6.